The van der Waals surface area contributed by atoms with Gasteiger partial charge in [-0.25, -0.2) is 9.97 Å². The maximum atomic E-state index is 6.06. The average Bonchev–Trinajstić information content (AvgIpc) is 2.55. The van der Waals surface area contributed by atoms with Crippen LogP contribution in [0.15, 0.2) is 36.5 Å². The van der Waals surface area contributed by atoms with E-state index in [0.717, 1.165) is 43.1 Å². The third-order valence-corrected chi connectivity index (χ3v) is 5.19. The smallest absolute Gasteiger partial charge is 0.132 e. The Bertz CT molecular complexity index is 658. The van der Waals surface area contributed by atoms with Crippen LogP contribution in [0.5, 0.6) is 0 Å². The summed E-state index contributed by atoms with van der Waals surface area (Å²) >= 11 is 0. The Morgan fingerprint density at radius 2 is 1.74 bits per heavy atom. The number of rotatable bonds is 3. The van der Waals surface area contributed by atoms with Gasteiger partial charge in [0.1, 0.15) is 5.82 Å². The van der Waals surface area contributed by atoms with Crippen molar-refractivity contribution in [3.63, 3.8) is 0 Å². The van der Waals surface area contributed by atoms with Gasteiger partial charge in [0, 0.05) is 30.6 Å². The molecule has 1 aliphatic heterocycles. The maximum absolute atomic E-state index is 6.06. The van der Waals surface area contributed by atoms with Gasteiger partial charge in [0.25, 0.3) is 0 Å². The zero-order chi connectivity index (χ0) is 15.6. The predicted molar refractivity (Wildman–Crippen MR) is 93.5 cm³/mol. The number of aromatic nitrogens is 2. The van der Waals surface area contributed by atoms with Crippen LogP contribution in [0, 0.1) is 0 Å². The van der Waals surface area contributed by atoms with E-state index in [-0.39, 0.29) is 0 Å². The van der Waals surface area contributed by atoms with E-state index >= 15 is 0 Å². The van der Waals surface area contributed by atoms with E-state index in [9.17, 15) is 0 Å². The Hall–Kier alpha value is -1.94. The number of piperidine rings is 1. The zero-order valence-electron chi connectivity index (χ0n) is 13.5. The molecule has 0 radical (unpaired) electrons. The van der Waals surface area contributed by atoms with Gasteiger partial charge in [-0.3, -0.25) is 0 Å². The highest BCUT2D eigenvalue weighted by atomic mass is 15.2. The number of hydrogen-bond donors (Lipinski definition) is 1. The van der Waals surface area contributed by atoms with Crippen molar-refractivity contribution in [2.45, 2.75) is 44.1 Å². The molecule has 1 saturated carbocycles. The van der Waals surface area contributed by atoms with Crippen LogP contribution < -0.4 is 10.6 Å². The summed E-state index contributed by atoms with van der Waals surface area (Å²) in [7, 11) is 0. The fourth-order valence-corrected chi connectivity index (χ4v) is 3.43. The Labute approximate surface area is 137 Å². The van der Waals surface area contributed by atoms with E-state index < -0.39 is 0 Å². The Morgan fingerprint density at radius 1 is 1.00 bits per heavy atom. The van der Waals surface area contributed by atoms with Crippen molar-refractivity contribution < 1.29 is 0 Å². The molecule has 0 amide bonds. The molecule has 0 bridgehead atoms. The molecule has 0 atom stereocenters. The topological polar surface area (TPSA) is 55.0 Å². The molecule has 2 fully saturated rings. The Kier molecular flexibility index (Phi) is 4.00. The quantitative estimate of drug-likeness (QED) is 0.945. The highest BCUT2D eigenvalue weighted by Gasteiger charge is 2.25. The van der Waals surface area contributed by atoms with Crippen LogP contribution in [-0.4, -0.2) is 29.1 Å². The van der Waals surface area contributed by atoms with Gasteiger partial charge in [-0.05, 0) is 25.7 Å². The van der Waals surface area contributed by atoms with Crippen LogP contribution in [0.1, 0.15) is 43.8 Å². The first-order valence-electron chi connectivity index (χ1n) is 8.74. The summed E-state index contributed by atoms with van der Waals surface area (Å²) in [6.07, 6.45) is 7.88. The van der Waals surface area contributed by atoms with Crippen LogP contribution in [-0.2, 0) is 0 Å². The van der Waals surface area contributed by atoms with Gasteiger partial charge in [-0.1, -0.05) is 36.8 Å². The lowest BCUT2D eigenvalue weighted by molar-refractivity contribution is 0.401. The largest absolute Gasteiger partial charge is 0.368 e. The molecule has 23 heavy (non-hydrogen) atoms. The minimum Gasteiger partial charge on any atom is -0.368 e. The highest BCUT2D eigenvalue weighted by molar-refractivity contribution is 5.74. The minimum atomic E-state index is 0.335. The summed E-state index contributed by atoms with van der Waals surface area (Å²) in [6, 6.07) is 10.8. The van der Waals surface area contributed by atoms with Crippen LogP contribution in [0.25, 0.3) is 11.3 Å². The zero-order valence-corrected chi connectivity index (χ0v) is 13.5. The second-order valence-electron chi connectivity index (χ2n) is 6.78. The summed E-state index contributed by atoms with van der Waals surface area (Å²) in [4.78, 5) is 12.1. The van der Waals surface area contributed by atoms with Crippen molar-refractivity contribution in [3.8, 4) is 11.3 Å². The first kappa shape index (κ1) is 14.6. The van der Waals surface area contributed by atoms with E-state index in [2.05, 4.69) is 35.2 Å². The third kappa shape index (κ3) is 2.95. The lowest BCUT2D eigenvalue weighted by Crippen LogP contribution is -2.40. The van der Waals surface area contributed by atoms with Gasteiger partial charge in [0.15, 0.2) is 0 Å². The summed E-state index contributed by atoms with van der Waals surface area (Å²) in [5.74, 6) is 1.58. The van der Waals surface area contributed by atoms with Crippen molar-refractivity contribution in [1.29, 1.82) is 0 Å². The number of nitrogens with two attached hydrogens (primary N) is 1. The lowest BCUT2D eigenvalue weighted by atomic mass is 9.84. The second-order valence-corrected chi connectivity index (χ2v) is 6.78. The summed E-state index contributed by atoms with van der Waals surface area (Å²) in [6.45, 7) is 1.99. The first-order valence-corrected chi connectivity index (χ1v) is 8.74. The third-order valence-electron chi connectivity index (χ3n) is 5.19. The summed E-state index contributed by atoms with van der Waals surface area (Å²) < 4.78 is 0. The van der Waals surface area contributed by atoms with E-state index in [0.29, 0.717) is 12.0 Å². The van der Waals surface area contributed by atoms with E-state index in [1.165, 1.54) is 24.8 Å². The van der Waals surface area contributed by atoms with E-state index in [1.54, 1.807) is 0 Å². The molecule has 120 valence electrons. The Balaban J connectivity index is 1.72. The molecule has 2 heterocycles. The number of hydrogen-bond acceptors (Lipinski definition) is 4. The average molecular weight is 308 g/mol. The van der Waals surface area contributed by atoms with Crippen LogP contribution in [0.2, 0.25) is 0 Å². The van der Waals surface area contributed by atoms with Gasteiger partial charge in [0.2, 0.25) is 0 Å². The van der Waals surface area contributed by atoms with Gasteiger partial charge in [-0.15, -0.1) is 0 Å². The van der Waals surface area contributed by atoms with Gasteiger partial charge < -0.3 is 10.6 Å². The summed E-state index contributed by atoms with van der Waals surface area (Å²) in [5, 5.41) is 0. The molecule has 1 aromatic heterocycles. The monoisotopic (exact) mass is 308 g/mol. The predicted octanol–water partition coefficient (Wildman–Crippen LogP) is 3.34. The van der Waals surface area contributed by atoms with Crippen molar-refractivity contribution in [2.24, 2.45) is 5.73 Å². The van der Waals surface area contributed by atoms with Gasteiger partial charge >= 0.3 is 0 Å². The molecule has 4 heteroatoms. The molecule has 4 rings (SSSR count). The standard InChI is InChI=1S/C19H24N4/c20-16-9-11-23(12-10-16)17-13-21-19(15-7-4-8-15)22-18(17)14-5-2-1-3-6-14/h1-3,5-6,13,15-16H,4,7-12,20H2. The number of benzene rings is 1. The maximum Gasteiger partial charge on any atom is 0.132 e. The molecular formula is C19H24N4. The first-order chi connectivity index (χ1) is 11.3. The van der Waals surface area contributed by atoms with Gasteiger partial charge in [-0.2, -0.15) is 0 Å². The van der Waals surface area contributed by atoms with Crippen molar-refractivity contribution in [3.05, 3.63) is 42.4 Å². The molecule has 2 aromatic rings. The fourth-order valence-electron chi connectivity index (χ4n) is 3.43. The fraction of sp³-hybridized carbons (Fsp3) is 0.474. The van der Waals surface area contributed by atoms with Crippen molar-refractivity contribution in [1.82, 2.24) is 9.97 Å². The molecule has 1 saturated heterocycles. The van der Waals surface area contributed by atoms with Crippen molar-refractivity contribution in [2.75, 3.05) is 18.0 Å². The molecule has 1 aliphatic carbocycles. The molecule has 0 spiro atoms. The van der Waals surface area contributed by atoms with Crippen molar-refractivity contribution >= 4 is 5.69 Å². The lowest BCUT2D eigenvalue weighted by Gasteiger charge is -2.33. The number of anilines is 1. The number of nitrogens with zero attached hydrogens (tertiary/aromatic N) is 3. The highest BCUT2D eigenvalue weighted by Crippen LogP contribution is 2.37. The molecule has 2 aliphatic rings. The van der Waals surface area contributed by atoms with E-state index in [1.807, 2.05) is 6.20 Å². The summed E-state index contributed by atoms with van der Waals surface area (Å²) in [5.41, 5.74) is 9.48. The molecule has 4 nitrogen and oxygen atoms in total. The second kappa shape index (κ2) is 6.28. The molecule has 1 aromatic carbocycles. The minimum absolute atomic E-state index is 0.335. The van der Waals surface area contributed by atoms with E-state index in [4.69, 9.17) is 15.7 Å². The molecular weight excluding hydrogens is 284 g/mol. The molecule has 0 unspecified atom stereocenters. The SMILES string of the molecule is NC1CCN(c2cnc(C3CCC3)nc2-c2ccccc2)CC1. The van der Waals surface area contributed by atoms with Crippen LogP contribution in [0.3, 0.4) is 0 Å². The normalized spacial score (nSPS) is 19.6. The van der Waals surface area contributed by atoms with Gasteiger partial charge in [0.05, 0.1) is 17.6 Å². The Morgan fingerprint density at radius 3 is 2.39 bits per heavy atom. The van der Waals surface area contributed by atoms with Crippen LogP contribution in [0.4, 0.5) is 5.69 Å². The molecule has 2 N–H and O–H groups in total. The van der Waals surface area contributed by atoms with Crippen LogP contribution >= 0.6 is 0 Å².